The molecule has 0 spiro atoms. The van der Waals surface area contributed by atoms with Gasteiger partial charge in [0.1, 0.15) is 0 Å². The third-order valence-electron chi connectivity index (χ3n) is 5.87. The number of nitrogens with zero attached hydrogens (tertiary/aromatic N) is 3. The fourth-order valence-corrected chi connectivity index (χ4v) is 4.31. The molecule has 4 rings (SSSR count). The van der Waals surface area contributed by atoms with Crippen molar-refractivity contribution in [2.24, 2.45) is 5.10 Å². The molecule has 0 aliphatic carbocycles. The molecule has 1 saturated heterocycles. The highest BCUT2D eigenvalue weighted by molar-refractivity contribution is 6.02. The van der Waals surface area contributed by atoms with Crippen molar-refractivity contribution < 1.29 is 9.59 Å². The lowest BCUT2D eigenvalue weighted by atomic mass is 9.99. The molecule has 1 fully saturated rings. The monoisotopic (exact) mass is 389 g/mol. The Morgan fingerprint density at radius 3 is 2.48 bits per heavy atom. The van der Waals surface area contributed by atoms with Crippen LogP contribution in [0.5, 0.6) is 0 Å². The molecule has 0 saturated carbocycles. The topological polar surface area (TPSA) is 53.0 Å². The van der Waals surface area contributed by atoms with Crippen LogP contribution in [0.1, 0.15) is 54.8 Å². The van der Waals surface area contributed by atoms with E-state index < -0.39 is 0 Å². The number of amides is 2. The molecule has 0 bridgehead atoms. The van der Waals surface area contributed by atoms with E-state index in [4.69, 9.17) is 0 Å². The molecular weight excluding hydrogens is 362 g/mol. The van der Waals surface area contributed by atoms with Crippen LogP contribution in [0.15, 0.2) is 59.7 Å². The van der Waals surface area contributed by atoms with Crippen molar-refractivity contribution in [2.75, 3.05) is 13.1 Å². The van der Waals surface area contributed by atoms with E-state index in [1.807, 2.05) is 47.4 Å². The Morgan fingerprint density at radius 2 is 1.69 bits per heavy atom. The SMILES string of the molecule is Cc1ccccc1C1CCCN1C(=O)CCC(=O)N1CCC(c2ccccc2)=N1. The Bertz CT molecular complexity index is 923. The van der Waals surface area contributed by atoms with Crippen LogP contribution in [0, 0.1) is 6.92 Å². The Hall–Kier alpha value is -2.95. The third kappa shape index (κ3) is 4.24. The van der Waals surface area contributed by atoms with Gasteiger partial charge in [0, 0.05) is 25.8 Å². The summed E-state index contributed by atoms with van der Waals surface area (Å²) in [6.45, 7) is 3.45. The van der Waals surface area contributed by atoms with Crippen LogP contribution in [-0.2, 0) is 9.59 Å². The largest absolute Gasteiger partial charge is 0.336 e. The molecule has 2 amide bonds. The van der Waals surface area contributed by atoms with Crippen molar-refractivity contribution >= 4 is 17.5 Å². The van der Waals surface area contributed by atoms with Crippen molar-refractivity contribution in [3.05, 3.63) is 71.3 Å². The van der Waals surface area contributed by atoms with Gasteiger partial charge in [-0.1, -0.05) is 54.6 Å². The lowest BCUT2D eigenvalue weighted by molar-refractivity contribution is -0.137. The quantitative estimate of drug-likeness (QED) is 0.774. The lowest BCUT2D eigenvalue weighted by Gasteiger charge is -2.26. The van der Waals surface area contributed by atoms with Gasteiger partial charge >= 0.3 is 0 Å². The van der Waals surface area contributed by atoms with Crippen LogP contribution in [0.2, 0.25) is 0 Å². The average molecular weight is 389 g/mol. The normalized spacial score (nSPS) is 18.8. The number of benzene rings is 2. The first kappa shape index (κ1) is 19.4. The summed E-state index contributed by atoms with van der Waals surface area (Å²) in [5.74, 6) is -0.00789. The molecule has 0 radical (unpaired) electrons. The first-order chi connectivity index (χ1) is 14.1. The van der Waals surface area contributed by atoms with E-state index in [1.54, 1.807) is 0 Å². The summed E-state index contributed by atoms with van der Waals surface area (Å²) in [4.78, 5) is 27.4. The molecule has 2 aromatic rings. The highest BCUT2D eigenvalue weighted by Gasteiger charge is 2.31. The van der Waals surface area contributed by atoms with Gasteiger partial charge in [-0.25, -0.2) is 5.01 Å². The van der Waals surface area contributed by atoms with Crippen molar-refractivity contribution in [2.45, 2.75) is 45.1 Å². The minimum Gasteiger partial charge on any atom is -0.336 e. The van der Waals surface area contributed by atoms with Crippen LogP contribution in [0.4, 0.5) is 0 Å². The summed E-state index contributed by atoms with van der Waals surface area (Å²) < 4.78 is 0. The standard InChI is InChI=1S/C24H27N3O2/c1-18-8-5-6-11-20(18)22-12-7-16-26(22)23(28)13-14-24(29)27-17-15-21(25-27)19-9-3-2-4-10-19/h2-6,8-11,22H,7,12-17H2,1H3. The second-order valence-electron chi connectivity index (χ2n) is 7.78. The first-order valence-corrected chi connectivity index (χ1v) is 10.4. The Kier molecular flexibility index (Phi) is 5.74. The van der Waals surface area contributed by atoms with E-state index in [2.05, 4.69) is 24.2 Å². The summed E-state index contributed by atoms with van der Waals surface area (Å²) in [5, 5.41) is 6.01. The molecule has 1 atom stereocenters. The summed E-state index contributed by atoms with van der Waals surface area (Å²) >= 11 is 0. The van der Waals surface area contributed by atoms with E-state index in [-0.39, 0.29) is 30.7 Å². The molecule has 2 aliphatic heterocycles. The number of hydrogen-bond donors (Lipinski definition) is 0. The molecule has 5 nitrogen and oxygen atoms in total. The molecule has 5 heteroatoms. The van der Waals surface area contributed by atoms with Crippen molar-refractivity contribution in [1.29, 1.82) is 0 Å². The number of hydrogen-bond acceptors (Lipinski definition) is 3. The molecule has 0 N–H and O–H groups in total. The fourth-order valence-electron chi connectivity index (χ4n) is 4.31. The molecule has 150 valence electrons. The zero-order chi connectivity index (χ0) is 20.2. The summed E-state index contributed by atoms with van der Waals surface area (Å²) in [6.07, 6.45) is 3.21. The van der Waals surface area contributed by atoms with Gasteiger partial charge < -0.3 is 4.90 Å². The van der Waals surface area contributed by atoms with Crippen LogP contribution in [0.25, 0.3) is 0 Å². The van der Waals surface area contributed by atoms with E-state index in [0.717, 1.165) is 37.1 Å². The predicted octanol–water partition coefficient (Wildman–Crippen LogP) is 4.08. The van der Waals surface area contributed by atoms with Gasteiger partial charge in [0.25, 0.3) is 0 Å². The highest BCUT2D eigenvalue weighted by atomic mass is 16.2. The van der Waals surface area contributed by atoms with Crippen LogP contribution >= 0.6 is 0 Å². The van der Waals surface area contributed by atoms with Gasteiger partial charge in [-0.05, 0) is 36.5 Å². The molecule has 2 aliphatic rings. The minimum atomic E-state index is -0.0732. The highest BCUT2D eigenvalue weighted by Crippen LogP contribution is 2.34. The molecule has 2 aromatic carbocycles. The number of rotatable bonds is 5. The molecule has 0 aromatic heterocycles. The summed E-state index contributed by atoms with van der Waals surface area (Å²) in [7, 11) is 0. The van der Waals surface area contributed by atoms with Gasteiger partial charge in [0.2, 0.25) is 11.8 Å². The maximum Gasteiger partial charge on any atom is 0.243 e. The smallest absolute Gasteiger partial charge is 0.243 e. The van der Waals surface area contributed by atoms with Gasteiger partial charge in [0.05, 0.1) is 18.3 Å². The third-order valence-corrected chi connectivity index (χ3v) is 5.87. The Morgan fingerprint density at radius 1 is 0.966 bits per heavy atom. The first-order valence-electron chi connectivity index (χ1n) is 10.4. The Labute approximate surface area is 172 Å². The second kappa shape index (κ2) is 8.60. The number of carbonyl (C=O) groups excluding carboxylic acids is 2. The van der Waals surface area contributed by atoms with Crippen LogP contribution in [0.3, 0.4) is 0 Å². The van der Waals surface area contributed by atoms with E-state index >= 15 is 0 Å². The van der Waals surface area contributed by atoms with Crippen LogP contribution < -0.4 is 0 Å². The zero-order valence-electron chi connectivity index (χ0n) is 16.9. The van der Waals surface area contributed by atoms with Crippen molar-refractivity contribution in [3.8, 4) is 0 Å². The number of likely N-dealkylation sites (tertiary alicyclic amines) is 1. The average Bonchev–Trinajstić information content (AvgIpc) is 3.43. The Balaban J connectivity index is 1.35. The number of hydrazone groups is 1. The number of aryl methyl sites for hydroxylation is 1. The maximum absolute atomic E-state index is 12.9. The van der Waals surface area contributed by atoms with E-state index in [9.17, 15) is 9.59 Å². The number of carbonyl (C=O) groups is 2. The maximum atomic E-state index is 12.9. The zero-order valence-corrected chi connectivity index (χ0v) is 16.9. The molecular formula is C24H27N3O2. The summed E-state index contributed by atoms with van der Waals surface area (Å²) in [6, 6.07) is 18.3. The summed E-state index contributed by atoms with van der Waals surface area (Å²) in [5.41, 5.74) is 4.43. The lowest BCUT2D eigenvalue weighted by Crippen LogP contribution is -2.32. The van der Waals surface area contributed by atoms with Gasteiger partial charge in [0.15, 0.2) is 0 Å². The van der Waals surface area contributed by atoms with Crippen LogP contribution in [-0.4, -0.2) is 40.5 Å². The molecule has 29 heavy (non-hydrogen) atoms. The van der Waals surface area contributed by atoms with E-state index in [0.29, 0.717) is 6.54 Å². The van der Waals surface area contributed by atoms with Gasteiger partial charge in [-0.15, -0.1) is 0 Å². The molecule has 2 heterocycles. The van der Waals surface area contributed by atoms with Crippen molar-refractivity contribution in [1.82, 2.24) is 9.91 Å². The van der Waals surface area contributed by atoms with Gasteiger partial charge in [-0.2, -0.15) is 5.10 Å². The van der Waals surface area contributed by atoms with Crippen molar-refractivity contribution in [3.63, 3.8) is 0 Å². The predicted molar refractivity (Wildman–Crippen MR) is 113 cm³/mol. The molecule has 1 unspecified atom stereocenters. The fraction of sp³-hybridized carbons (Fsp3) is 0.375. The van der Waals surface area contributed by atoms with E-state index in [1.165, 1.54) is 16.1 Å². The minimum absolute atomic E-state index is 0.0653. The van der Waals surface area contributed by atoms with Gasteiger partial charge in [-0.3, -0.25) is 9.59 Å². The second-order valence-corrected chi connectivity index (χ2v) is 7.78.